The second-order valence-electron chi connectivity index (χ2n) is 6.24. The number of nitrogens with zero attached hydrogens (tertiary/aromatic N) is 1. The number of hydrogen-bond acceptors (Lipinski definition) is 7. The molecule has 0 aliphatic carbocycles. The van der Waals surface area contributed by atoms with E-state index < -0.39 is 29.3 Å². The number of carbonyl (C=O) groups excluding carboxylic acids is 4. The number of ether oxygens (including phenoxy) is 1. The molecule has 2 aliphatic rings. The Balaban J connectivity index is 1.45. The van der Waals surface area contributed by atoms with Crippen molar-refractivity contribution in [2.75, 3.05) is 16.8 Å². The number of anilines is 2. The molecule has 2 aliphatic heterocycles. The first-order chi connectivity index (χ1) is 13.4. The van der Waals surface area contributed by atoms with Gasteiger partial charge in [0.05, 0.1) is 11.3 Å². The smallest absolute Gasteiger partial charge is 0.344 e. The minimum Gasteiger partial charge on any atom is -0.453 e. The van der Waals surface area contributed by atoms with E-state index in [1.54, 1.807) is 17.5 Å². The molecule has 0 bridgehead atoms. The van der Waals surface area contributed by atoms with E-state index in [1.165, 1.54) is 22.7 Å². The Hall–Kier alpha value is -2.85. The first-order valence-electron chi connectivity index (χ1n) is 8.38. The first-order valence-corrected chi connectivity index (χ1v) is 10.1. The summed E-state index contributed by atoms with van der Waals surface area (Å²) in [6.45, 7) is -0.532. The molecule has 4 rings (SSSR count). The highest BCUT2D eigenvalue weighted by Gasteiger charge is 2.58. The summed E-state index contributed by atoms with van der Waals surface area (Å²) in [6.07, 6.45) is 0.544. The lowest BCUT2D eigenvalue weighted by atomic mass is 10.2. The zero-order valence-electron chi connectivity index (χ0n) is 14.5. The zero-order valence-corrected chi connectivity index (χ0v) is 16.1. The highest BCUT2D eigenvalue weighted by Crippen LogP contribution is 2.56. The SMILES string of the molecule is NC(=O)c1ccsc1NC(=O)COC(=O)C12CCC(=O)N1c1ccccc1S2. The van der Waals surface area contributed by atoms with Gasteiger partial charge in [-0.25, -0.2) is 4.79 Å². The Morgan fingerprint density at radius 2 is 2.04 bits per heavy atom. The summed E-state index contributed by atoms with van der Waals surface area (Å²) >= 11 is 2.41. The quantitative estimate of drug-likeness (QED) is 0.718. The number of carbonyl (C=O) groups is 4. The van der Waals surface area contributed by atoms with Crippen molar-refractivity contribution in [2.24, 2.45) is 5.73 Å². The van der Waals surface area contributed by atoms with Crippen molar-refractivity contribution in [3.05, 3.63) is 41.3 Å². The van der Waals surface area contributed by atoms with Gasteiger partial charge in [0.25, 0.3) is 11.8 Å². The summed E-state index contributed by atoms with van der Waals surface area (Å²) in [5.74, 6) is -2.04. The third kappa shape index (κ3) is 2.94. The molecule has 144 valence electrons. The second-order valence-corrected chi connectivity index (χ2v) is 8.47. The summed E-state index contributed by atoms with van der Waals surface area (Å²) in [5.41, 5.74) is 6.12. The van der Waals surface area contributed by atoms with Gasteiger partial charge in [0, 0.05) is 17.7 Å². The zero-order chi connectivity index (χ0) is 19.9. The molecule has 0 radical (unpaired) electrons. The molecule has 3 amide bonds. The summed E-state index contributed by atoms with van der Waals surface area (Å²) in [5, 5.41) is 4.43. The van der Waals surface area contributed by atoms with Crippen LogP contribution in [-0.2, 0) is 19.1 Å². The van der Waals surface area contributed by atoms with Crippen LogP contribution in [-0.4, -0.2) is 35.2 Å². The van der Waals surface area contributed by atoms with E-state index in [1.807, 2.05) is 12.1 Å². The number of thiophene rings is 1. The van der Waals surface area contributed by atoms with E-state index in [9.17, 15) is 19.2 Å². The van der Waals surface area contributed by atoms with Crippen molar-refractivity contribution in [2.45, 2.75) is 22.6 Å². The van der Waals surface area contributed by atoms with Crippen molar-refractivity contribution in [1.29, 1.82) is 0 Å². The van der Waals surface area contributed by atoms with Gasteiger partial charge in [-0.3, -0.25) is 19.3 Å². The lowest BCUT2D eigenvalue weighted by Gasteiger charge is -2.28. The number of nitrogens with two attached hydrogens (primary N) is 1. The number of benzene rings is 1. The molecule has 0 saturated carbocycles. The molecule has 1 aromatic carbocycles. The number of rotatable bonds is 5. The van der Waals surface area contributed by atoms with Crippen molar-refractivity contribution in [1.82, 2.24) is 0 Å². The predicted molar refractivity (Wildman–Crippen MR) is 104 cm³/mol. The Morgan fingerprint density at radius 1 is 1.25 bits per heavy atom. The fourth-order valence-electron chi connectivity index (χ4n) is 3.28. The summed E-state index contributed by atoms with van der Waals surface area (Å²) in [4.78, 5) is 49.8. The second kappa shape index (κ2) is 6.95. The molecule has 3 heterocycles. The van der Waals surface area contributed by atoms with Crippen LogP contribution in [0.3, 0.4) is 0 Å². The van der Waals surface area contributed by atoms with Gasteiger partial charge in [-0.15, -0.1) is 11.3 Å². The predicted octanol–water partition coefficient (Wildman–Crippen LogP) is 1.96. The van der Waals surface area contributed by atoms with Crippen molar-refractivity contribution < 1.29 is 23.9 Å². The molecule has 1 atom stereocenters. The van der Waals surface area contributed by atoms with Crippen LogP contribution in [0.1, 0.15) is 23.2 Å². The van der Waals surface area contributed by atoms with Gasteiger partial charge in [0.2, 0.25) is 5.91 Å². The van der Waals surface area contributed by atoms with Crippen molar-refractivity contribution in [3.63, 3.8) is 0 Å². The average molecular weight is 417 g/mol. The first kappa shape index (κ1) is 18.5. The lowest BCUT2D eigenvalue weighted by molar-refractivity contribution is -0.149. The molecule has 28 heavy (non-hydrogen) atoms. The van der Waals surface area contributed by atoms with E-state index in [0.717, 1.165) is 16.2 Å². The van der Waals surface area contributed by atoms with E-state index in [0.29, 0.717) is 17.1 Å². The molecule has 8 nitrogen and oxygen atoms in total. The minimum absolute atomic E-state index is 0.150. The van der Waals surface area contributed by atoms with Crippen LogP contribution < -0.4 is 16.0 Å². The van der Waals surface area contributed by atoms with Crippen LogP contribution >= 0.6 is 23.1 Å². The number of hydrogen-bond donors (Lipinski definition) is 2. The lowest BCUT2D eigenvalue weighted by Crippen LogP contribution is -2.48. The normalized spacial score (nSPS) is 19.9. The van der Waals surface area contributed by atoms with Gasteiger partial charge >= 0.3 is 5.97 Å². The maximum absolute atomic E-state index is 12.9. The Bertz CT molecular complexity index is 1000. The highest BCUT2D eigenvalue weighted by molar-refractivity contribution is 8.02. The third-order valence-electron chi connectivity index (χ3n) is 4.51. The van der Waals surface area contributed by atoms with Crippen LogP contribution in [0.15, 0.2) is 40.6 Å². The maximum atomic E-state index is 12.9. The monoisotopic (exact) mass is 417 g/mol. The van der Waals surface area contributed by atoms with E-state index in [4.69, 9.17) is 10.5 Å². The van der Waals surface area contributed by atoms with Crippen LogP contribution in [0.25, 0.3) is 0 Å². The molecule has 1 unspecified atom stereocenters. The Morgan fingerprint density at radius 3 is 2.82 bits per heavy atom. The Kier molecular flexibility index (Phi) is 4.60. The Labute approximate surface area is 168 Å². The molecular weight excluding hydrogens is 402 g/mol. The van der Waals surface area contributed by atoms with E-state index in [-0.39, 0.29) is 17.9 Å². The van der Waals surface area contributed by atoms with Crippen LogP contribution in [0.5, 0.6) is 0 Å². The number of esters is 1. The van der Waals surface area contributed by atoms with Crippen molar-refractivity contribution in [3.8, 4) is 0 Å². The molecule has 1 aromatic heterocycles. The molecule has 3 N–H and O–H groups in total. The van der Waals surface area contributed by atoms with Crippen LogP contribution in [0.4, 0.5) is 10.7 Å². The molecular formula is C18H15N3O5S2. The van der Waals surface area contributed by atoms with Gasteiger partial charge in [0.15, 0.2) is 11.5 Å². The minimum atomic E-state index is -1.18. The van der Waals surface area contributed by atoms with Gasteiger partial charge in [-0.2, -0.15) is 0 Å². The summed E-state index contributed by atoms with van der Waals surface area (Å²) in [6, 6.07) is 8.77. The fraction of sp³-hybridized carbons (Fsp3) is 0.222. The summed E-state index contributed by atoms with van der Waals surface area (Å²) < 4.78 is 5.24. The van der Waals surface area contributed by atoms with Crippen LogP contribution in [0, 0.1) is 0 Å². The van der Waals surface area contributed by atoms with Crippen LogP contribution in [0.2, 0.25) is 0 Å². The number of thioether (sulfide) groups is 1. The van der Waals surface area contributed by atoms with Gasteiger partial charge in [-0.05, 0) is 23.6 Å². The molecule has 2 aromatic rings. The third-order valence-corrected chi connectivity index (χ3v) is 6.80. The fourth-order valence-corrected chi connectivity index (χ4v) is 5.50. The highest BCUT2D eigenvalue weighted by atomic mass is 32.2. The van der Waals surface area contributed by atoms with Gasteiger partial charge in [-0.1, -0.05) is 23.9 Å². The number of amides is 3. The topological polar surface area (TPSA) is 119 Å². The number of fused-ring (bicyclic) bond motifs is 3. The molecule has 0 spiro atoms. The van der Waals surface area contributed by atoms with Gasteiger partial charge in [0.1, 0.15) is 5.00 Å². The molecule has 10 heteroatoms. The number of para-hydroxylation sites is 1. The molecule has 1 fully saturated rings. The largest absolute Gasteiger partial charge is 0.453 e. The average Bonchev–Trinajstić information content (AvgIpc) is 3.34. The van der Waals surface area contributed by atoms with Gasteiger partial charge < -0.3 is 15.8 Å². The van der Waals surface area contributed by atoms with E-state index >= 15 is 0 Å². The van der Waals surface area contributed by atoms with Crippen molar-refractivity contribution >= 4 is 57.5 Å². The maximum Gasteiger partial charge on any atom is 0.344 e. The number of primary amides is 1. The molecule has 1 saturated heterocycles. The summed E-state index contributed by atoms with van der Waals surface area (Å²) in [7, 11) is 0. The number of nitrogens with one attached hydrogen (secondary N) is 1. The van der Waals surface area contributed by atoms with E-state index in [2.05, 4.69) is 5.32 Å². The standard InChI is InChI=1S/C18H15N3O5S2/c19-15(24)10-6-8-27-16(10)20-13(22)9-26-17(25)18-7-5-14(23)21(18)11-3-1-2-4-12(11)28-18/h1-4,6,8H,5,7,9H2,(H2,19,24)(H,20,22).